The lowest BCUT2D eigenvalue weighted by Gasteiger charge is -2.07. The van der Waals surface area contributed by atoms with Gasteiger partial charge in [0.1, 0.15) is 5.69 Å². The van der Waals surface area contributed by atoms with E-state index in [-0.39, 0.29) is 23.3 Å². The maximum Gasteiger partial charge on any atom is 0.356 e. The summed E-state index contributed by atoms with van der Waals surface area (Å²) in [5.41, 5.74) is 0.740. The highest BCUT2D eigenvalue weighted by molar-refractivity contribution is 5.96. The van der Waals surface area contributed by atoms with Crippen LogP contribution in [0, 0.1) is 5.92 Å². The van der Waals surface area contributed by atoms with Gasteiger partial charge in [0.25, 0.3) is 5.91 Å². The van der Waals surface area contributed by atoms with E-state index in [1.165, 1.54) is 10.7 Å². The molecule has 1 amide bonds. The van der Waals surface area contributed by atoms with E-state index in [1.54, 1.807) is 12.1 Å². The van der Waals surface area contributed by atoms with E-state index in [9.17, 15) is 9.59 Å². The van der Waals surface area contributed by atoms with Gasteiger partial charge < -0.3 is 10.4 Å². The van der Waals surface area contributed by atoms with Crippen molar-refractivity contribution < 1.29 is 14.7 Å². The van der Waals surface area contributed by atoms with Gasteiger partial charge in [0.15, 0.2) is 5.69 Å². The van der Waals surface area contributed by atoms with Gasteiger partial charge in [-0.2, -0.15) is 5.10 Å². The minimum atomic E-state index is -1.15. The van der Waals surface area contributed by atoms with Crippen LogP contribution in [0.3, 0.4) is 0 Å². The Morgan fingerprint density at radius 3 is 2.57 bits per heavy atom. The zero-order valence-electron chi connectivity index (χ0n) is 11.5. The summed E-state index contributed by atoms with van der Waals surface area (Å²) in [6.07, 6.45) is 0.955. The zero-order valence-corrected chi connectivity index (χ0v) is 11.5. The smallest absolute Gasteiger partial charge is 0.356 e. The van der Waals surface area contributed by atoms with E-state index in [1.807, 2.05) is 18.2 Å². The Kier molecular flexibility index (Phi) is 3.21. The number of nitrogens with one attached hydrogen (secondary N) is 1. The van der Waals surface area contributed by atoms with E-state index < -0.39 is 5.97 Å². The number of aromatic carboxylic acids is 1. The molecule has 0 aliphatic heterocycles. The Morgan fingerprint density at radius 1 is 1.33 bits per heavy atom. The molecule has 3 rings (SSSR count). The standard InChI is InChI=1S/C15H15N3O3/c1-9-7-11(9)16-14(19)13-8-12(15(20)21)17-18(13)10-5-3-2-4-6-10/h2-6,8-9,11H,7H2,1H3,(H,16,19)(H,20,21)/t9-,11+/m1/s1. The van der Waals surface area contributed by atoms with Crippen molar-refractivity contribution in [3.8, 4) is 5.69 Å². The number of carboxylic acid groups (broad SMARTS) is 1. The quantitative estimate of drug-likeness (QED) is 0.895. The number of hydrogen-bond acceptors (Lipinski definition) is 3. The zero-order chi connectivity index (χ0) is 15.0. The number of carbonyl (C=O) groups excluding carboxylic acids is 1. The summed E-state index contributed by atoms with van der Waals surface area (Å²) in [4.78, 5) is 23.4. The maximum absolute atomic E-state index is 12.3. The van der Waals surface area contributed by atoms with Gasteiger partial charge in [0.2, 0.25) is 0 Å². The third-order valence-corrected chi connectivity index (χ3v) is 3.59. The molecule has 1 fully saturated rings. The molecule has 0 unspecified atom stereocenters. The lowest BCUT2D eigenvalue weighted by molar-refractivity contribution is 0.0689. The van der Waals surface area contributed by atoms with Gasteiger partial charge in [-0.15, -0.1) is 0 Å². The third-order valence-electron chi connectivity index (χ3n) is 3.59. The van der Waals surface area contributed by atoms with E-state index in [2.05, 4.69) is 17.3 Å². The summed E-state index contributed by atoms with van der Waals surface area (Å²) in [6, 6.07) is 10.5. The highest BCUT2D eigenvalue weighted by Crippen LogP contribution is 2.29. The molecule has 1 heterocycles. The molecule has 6 heteroatoms. The fourth-order valence-electron chi connectivity index (χ4n) is 2.18. The molecule has 2 N–H and O–H groups in total. The Balaban J connectivity index is 1.97. The summed E-state index contributed by atoms with van der Waals surface area (Å²) in [6.45, 7) is 2.06. The number of amides is 1. The van der Waals surface area contributed by atoms with Gasteiger partial charge in [0.05, 0.1) is 5.69 Å². The molecule has 6 nitrogen and oxygen atoms in total. The van der Waals surface area contributed by atoms with Gasteiger partial charge in [0, 0.05) is 12.1 Å². The normalized spacial score (nSPS) is 20.0. The number of benzene rings is 1. The Morgan fingerprint density at radius 2 is 2.00 bits per heavy atom. The van der Waals surface area contributed by atoms with Gasteiger partial charge in [-0.1, -0.05) is 25.1 Å². The second-order valence-electron chi connectivity index (χ2n) is 5.26. The molecule has 1 aromatic carbocycles. The summed E-state index contributed by atoms with van der Waals surface area (Å²) in [7, 11) is 0. The fraction of sp³-hybridized carbons (Fsp3) is 0.267. The Labute approximate surface area is 121 Å². The van der Waals surface area contributed by atoms with Crippen molar-refractivity contribution in [3.05, 3.63) is 47.8 Å². The first-order chi connectivity index (χ1) is 10.1. The van der Waals surface area contributed by atoms with Crippen molar-refractivity contribution in [2.24, 2.45) is 5.92 Å². The SMILES string of the molecule is C[C@@H]1C[C@@H]1NC(=O)c1cc(C(=O)O)nn1-c1ccccc1. The number of para-hydroxylation sites is 1. The molecule has 0 bridgehead atoms. The van der Waals surface area contributed by atoms with Crippen LogP contribution in [0.1, 0.15) is 34.3 Å². The Bertz CT molecular complexity index is 693. The molecule has 0 saturated heterocycles. The number of rotatable bonds is 4. The fourth-order valence-corrected chi connectivity index (χ4v) is 2.18. The minimum absolute atomic E-state index is 0.146. The van der Waals surface area contributed by atoms with Gasteiger partial charge in [-0.05, 0) is 24.5 Å². The number of carboxylic acids is 1. The van der Waals surface area contributed by atoms with Gasteiger partial charge >= 0.3 is 5.97 Å². The van der Waals surface area contributed by atoms with Crippen molar-refractivity contribution >= 4 is 11.9 Å². The van der Waals surface area contributed by atoms with Gasteiger partial charge in [-0.25, -0.2) is 9.48 Å². The van der Waals surface area contributed by atoms with Crippen LogP contribution in [0.4, 0.5) is 0 Å². The second-order valence-corrected chi connectivity index (χ2v) is 5.26. The third kappa shape index (κ3) is 2.65. The number of nitrogens with zero attached hydrogens (tertiary/aromatic N) is 2. The van der Waals surface area contributed by atoms with Crippen LogP contribution < -0.4 is 5.32 Å². The molecule has 1 aromatic heterocycles. The summed E-state index contributed by atoms with van der Waals surface area (Å²) in [5.74, 6) is -0.979. The maximum atomic E-state index is 12.3. The molecule has 0 spiro atoms. The van der Waals surface area contributed by atoms with Crippen molar-refractivity contribution in [2.45, 2.75) is 19.4 Å². The molecule has 1 saturated carbocycles. The lowest BCUT2D eigenvalue weighted by atomic mass is 10.3. The molecule has 1 aliphatic carbocycles. The predicted molar refractivity (Wildman–Crippen MR) is 75.6 cm³/mol. The second kappa shape index (κ2) is 5.05. The van der Waals surface area contributed by atoms with Crippen LogP contribution in [0.25, 0.3) is 5.69 Å². The number of carbonyl (C=O) groups is 2. The van der Waals surface area contributed by atoms with E-state index >= 15 is 0 Å². The minimum Gasteiger partial charge on any atom is -0.476 e. The first kappa shape index (κ1) is 13.4. The number of aromatic nitrogens is 2. The highest BCUT2D eigenvalue weighted by Gasteiger charge is 2.35. The first-order valence-corrected chi connectivity index (χ1v) is 6.76. The largest absolute Gasteiger partial charge is 0.476 e. The van der Waals surface area contributed by atoms with Crippen LogP contribution in [-0.4, -0.2) is 32.8 Å². The van der Waals surface area contributed by atoms with Gasteiger partial charge in [-0.3, -0.25) is 4.79 Å². The van der Waals surface area contributed by atoms with Crippen molar-refractivity contribution in [1.82, 2.24) is 15.1 Å². The van der Waals surface area contributed by atoms with Crippen molar-refractivity contribution in [1.29, 1.82) is 0 Å². The van der Waals surface area contributed by atoms with Crippen LogP contribution >= 0.6 is 0 Å². The molecule has 1 aliphatic rings. The average Bonchev–Trinajstić information content (AvgIpc) is 3.00. The monoisotopic (exact) mass is 285 g/mol. The summed E-state index contributed by atoms with van der Waals surface area (Å²) in [5, 5.41) is 16.0. The van der Waals surface area contributed by atoms with Crippen molar-refractivity contribution in [3.63, 3.8) is 0 Å². The molecule has 21 heavy (non-hydrogen) atoms. The lowest BCUT2D eigenvalue weighted by Crippen LogP contribution is -2.28. The first-order valence-electron chi connectivity index (χ1n) is 6.76. The molecule has 2 atom stereocenters. The van der Waals surface area contributed by atoms with Crippen LogP contribution in [-0.2, 0) is 0 Å². The molecular formula is C15H15N3O3. The van der Waals surface area contributed by atoms with Crippen LogP contribution in [0.5, 0.6) is 0 Å². The molecular weight excluding hydrogens is 270 g/mol. The van der Waals surface area contributed by atoms with Crippen LogP contribution in [0.15, 0.2) is 36.4 Å². The van der Waals surface area contributed by atoms with E-state index in [4.69, 9.17) is 5.11 Å². The predicted octanol–water partition coefficient (Wildman–Crippen LogP) is 1.71. The topological polar surface area (TPSA) is 84.2 Å². The van der Waals surface area contributed by atoms with E-state index in [0.717, 1.165) is 6.42 Å². The highest BCUT2D eigenvalue weighted by atomic mass is 16.4. The van der Waals surface area contributed by atoms with Crippen molar-refractivity contribution in [2.75, 3.05) is 0 Å². The molecule has 108 valence electrons. The Hall–Kier alpha value is -2.63. The summed E-state index contributed by atoms with van der Waals surface area (Å²) >= 11 is 0. The van der Waals surface area contributed by atoms with Crippen LogP contribution in [0.2, 0.25) is 0 Å². The summed E-state index contributed by atoms with van der Waals surface area (Å²) < 4.78 is 1.37. The molecule has 2 aromatic rings. The average molecular weight is 285 g/mol. The van der Waals surface area contributed by atoms with E-state index in [0.29, 0.717) is 11.6 Å². The number of hydrogen-bond donors (Lipinski definition) is 2. The molecule has 0 radical (unpaired) electrons.